The molecule has 0 fully saturated rings. The third kappa shape index (κ3) is 4.23. The van der Waals surface area contributed by atoms with Gasteiger partial charge in [-0.2, -0.15) is 0 Å². The Kier molecular flexibility index (Phi) is 5.41. The van der Waals surface area contributed by atoms with Gasteiger partial charge in [0, 0.05) is 0 Å². The van der Waals surface area contributed by atoms with Crippen molar-refractivity contribution in [2.75, 3.05) is 6.61 Å². The van der Waals surface area contributed by atoms with Crippen LogP contribution in [-0.4, -0.2) is 24.5 Å². The first-order chi connectivity index (χ1) is 8.54. The van der Waals surface area contributed by atoms with E-state index in [9.17, 15) is 9.59 Å². The van der Waals surface area contributed by atoms with Crippen LogP contribution in [0.5, 0.6) is 5.75 Å². The Bertz CT molecular complexity index is 439. The summed E-state index contributed by atoms with van der Waals surface area (Å²) in [6.07, 6.45) is 0. The van der Waals surface area contributed by atoms with E-state index in [0.717, 1.165) is 0 Å². The van der Waals surface area contributed by atoms with E-state index >= 15 is 0 Å². The summed E-state index contributed by atoms with van der Waals surface area (Å²) >= 11 is 5.85. The minimum atomic E-state index is -0.725. The summed E-state index contributed by atoms with van der Waals surface area (Å²) in [6.45, 7) is 1.28. The van der Waals surface area contributed by atoms with Gasteiger partial charge in [-0.3, -0.25) is 15.0 Å². The van der Waals surface area contributed by atoms with Crippen molar-refractivity contribution < 1.29 is 14.3 Å². The highest BCUT2D eigenvalue weighted by molar-refractivity contribution is 6.32. The molecule has 1 unspecified atom stereocenters. The Morgan fingerprint density at radius 1 is 1.44 bits per heavy atom. The third-order valence-corrected chi connectivity index (χ3v) is 2.42. The van der Waals surface area contributed by atoms with Crippen molar-refractivity contribution in [2.24, 2.45) is 5.84 Å². The van der Waals surface area contributed by atoms with Gasteiger partial charge in [0.05, 0.1) is 5.02 Å². The summed E-state index contributed by atoms with van der Waals surface area (Å²) in [6, 6.07) is 6.06. The van der Waals surface area contributed by atoms with E-state index in [-0.39, 0.29) is 6.61 Å². The topological polar surface area (TPSA) is 93.4 Å². The largest absolute Gasteiger partial charge is 0.482 e. The van der Waals surface area contributed by atoms with Crippen molar-refractivity contribution in [1.29, 1.82) is 0 Å². The van der Waals surface area contributed by atoms with Crippen molar-refractivity contribution in [3.05, 3.63) is 29.3 Å². The number of rotatable bonds is 5. The van der Waals surface area contributed by atoms with Crippen LogP contribution in [0.4, 0.5) is 0 Å². The van der Waals surface area contributed by atoms with E-state index in [0.29, 0.717) is 10.8 Å². The summed E-state index contributed by atoms with van der Waals surface area (Å²) in [4.78, 5) is 22.5. The molecule has 0 saturated heterocycles. The number of hydrogen-bond acceptors (Lipinski definition) is 4. The van der Waals surface area contributed by atoms with Crippen LogP contribution in [0.3, 0.4) is 0 Å². The van der Waals surface area contributed by atoms with Crippen LogP contribution in [0.1, 0.15) is 6.92 Å². The minimum Gasteiger partial charge on any atom is -0.482 e. The lowest BCUT2D eigenvalue weighted by atomic mass is 10.3. The van der Waals surface area contributed by atoms with Crippen molar-refractivity contribution in [1.82, 2.24) is 10.7 Å². The zero-order valence-corrected chi connectivity index (χ0v) is 10.5. The molecule has 0 heterocycles. The van der Waals surface area contributed by atoms with Crippen LogP contribution in [0.2, 0.25) is 5.02 Å². The fourth-order valence-corrected chi connectivity index (χ4v) is 1.37. The first kappa shape index (κ1) is 14.3. The number of carbonyl (C=O) groups is 2. The van der Waals surface area contributed by atoms with Gasteiger partial charge in [0.2, 0.25) is 0 Å². The summed E-state index contributed by atoms with van der Waals surface area (Å²) < 4.78 is 5.21. The Labute approximate surface area is 109 Å². The molecule has 18 heavy (non-hydrogen) atoms. The van der Waals surface area contributed by atoms with E-state index in [1.807, 2.05) is 5.43 Å². The van der Waals surface area contributed by atoms with Crippen LogP contribution in [0, 0.1) is 0 Å². The molecule has 0 radical (unpaired) electrons. The summed E-state index contributed by atoms with van der Waals surface area (Å²) in [7, 11) is 0. The Hall–Kier alpha value is -1.79. The molecular formula is C11H14ClN3O3. The molecule has 1 aromatic carbocycles. The molecule has 0 spiro atoms. The average Bonchev–Trinajstić information content (AvgIpc) is 2.36. The van der Waals surface area contributed by atoms with Crippen LogP contribution >= 0.6 is 11.6 Å². The lowest BCUT2D eigenvalue weighted by Crippen LogP contribution is -2.48. The number of para-hydroxylation sites is 1. The average molecular weight is 272 g/mol. The lowest BCUT2D eigenvalue weighted by Gasteiger charge is -2.12. The highest BCUT2D eigenvalue weighted by Crippen LogP contribution is 2.22. The Morgan fingerprint density at radius 2 is 2.11 bits per heavy atom. The number of hydrogen-bond donors (Lipinski definition) is 3. The number of benzene rings is 1. The van der Waals surface area contributed by atoms with Gasteiger partial charge in [-0.15, -0.1) is 0 Å². The van der Waals surface area contributed by atoms with Gasteiger partial charge < -0.3 is 10.1 Å². The fourth-order valence-electron chi connectivity index (χ4n) is 1.18. The van der Waals surface area contributed by atoms with Crippen LogP contribution in [0.25, 0.3) is 0 Å². The first-order valence-corrected chi connectivity index (χ1v) is 5.59. The first-order valence-electron chi connectivity index (χ1n) is 5.21. The molecule has 7 heteroatoms. The number of carbonyl (C=O) groups excluding carboxylic acids is 2. The molecule has 1 aromatic rings. The molecule has 1 atom stereocenters. The number of halogens is 1. The predicted molar refractivity (Wildman–Crippen MR) is 66.9 cm³/mol. The molecule has 0 aliphatic rings. The van der Waals surface area contributed by atoms with Gasteiger partial charge in [-0.1, -0.05) is 23.7 Å². The number of ether oxygens (including phenoxy) is 1. The monoisotopic (exact) mass is 271 g/mol. The van der Waals surface area contributed by atoms with E-state index in [1.54, 1.807) is 24.3 Å². The maximum Gasteiger partial charge on any atom is 0.258 e. The molecular weight excluding hydrogens is 258 g/mol. The number of amides is 2. The summed E-state index contributed by atoms with van der Waals surface area (Å²) in [5.41, 5.74) is 1.94. The second kappa shape index (κ2) is 6.83. The second-order valence-electron chi connectivity index (χ2n) is 3.52. The third-order valence-electron chi connectivity index (χ3n) is 2.11. The second-order valence-corrected chi connectivity index (χ2v) is 3.92. The maximum atomic E-state index is 11.5. The van der Waals surface area contributed by atoms with Gasteiger partial charge in [0.15, 0.2) is 6.61 Å². The predicted octanol–water partition coefficient (Wildman–Crippen LogP) is 0.213. The SMILES string of the molecule is CC(NC(=O)COc1ccccc1Cl)C(=O)NN. The standard InChI is InChI=1S/C11H14ClN3O3/c1-7(11(17)15-13)14-10(16)6-18-9-5-3-2-4-8(9)12/h2-5,7H,6,13H2,1H3,(H,14,16)(H,15,17). The molecule has 6 nitrogen and oxygen atoms in total. The summed E-state index contributed by atoms with van der Waals surface area (Å²) in [5, 5.41) is 2.84. The van der Waals surface area contributed by atoms with Crippen molar-refractivity contribution >= 4 is 23.4 Å². The summed E-state index contributed by atoms with van der Waals surface area (Å²) in [5.74, 6) is 4.42. The number of nitrogens with two attached hydrogens (primary N) is 1. The normalized spacial score (nSPS) is 11.5. The number of nitrogens with one attached hydrogen (secondary N) is 2. The molecule has 1 rings (SSSR count). The number of hydrazine groups is 1. The van der Waals surface area contributed by atoms with E-state index < -0.39 is 17.9 Å². The van der Waals surface area contributed by atoms with Crippen LogP contribution in [-0.2, 0) is 9.59 Å². The van der Waals surface area contributed by atoms with Gasteiger partial charge in [-0.05, 0) is 19.1 Å². The molecule has 2 amide bonds. The molecule has 0 aromatic heterocycles. The van der Waals surface area contributed by atoms with Crippen molar-refractivity contribution in [2.45, 2.75) is 13.0 Å². The highest BCUT2D eigenvalue weighted by Gasteiger charge is 2.14. The lowest BCUT2D eigenvalue weighted by molar-refractivity contribution is -0.129. The fraction of sp³-hybridized carbons (Fsp3) is 0.273. The Morgan fingerprint density at radius 3 is 2.72 bits per heavy atom. The van der Waals surface area contributed by atoms with Gasteiger partial charge in [0.25, 0.3) is 11.8 Å². The van der Waals surface area contributed by atoms with Crippen molar-refractivity contribution in [3.63, 3.8) is 0 Å². The van der Waals surface area contributed by atoms with Crippen LogP contribution < -0.4 is 21.3 Å². The van der Waals surface area contributed by atoms with E-state index in [1.165, 1.54) is 6.92 Å². The zero-order chi connectivity index (χ0) is 13.5. The molecule has 98 valence electrons. The molecule has 0 bridgehead atoms. The van der Waals surface area contributed by atoms with Crippen LogP contribution in [0.15, 0.2) is 24.3 Å². The quantitative estimate of drug-likeness (QED) is 0.405. The van der Waals surface area contributed by atoms with E-state index in [4.69, 9.17) is 22.2 Å². The molecule has 4 N–H and O–H groups in total. The van der Waals surface area contributed by atoms with Gasteiger partial charge >= 0.3 is 0 Å². The molecule has 0 aliphatic heterocycles. The maximum absolute atomic E-state index is 11.5. The van der Waals surface area contributed by atoms with E-state index in [2.05, 4.69) is 5.32 Å². The van der Waals surface area contributed by atoms with Gasteiger partial charge in [-0.25, -0.2) is 5.84 Å². The minimum absolute atomic E-state index is 0.230. The molecule has 0 saturated carbocycles. The van der Waals surface area contributed by atoms with Crippen molar-refractivity contribution in [3.8, 4) is 5.75 Å². The zero-order valence-electron chi connectivity index (χ0n) is 9.77. The highest BCUT2D eigenvalue weighted by atomic mass is 35.5. The Balaban J connectivity index is 2.43. The smallest absolute Gasteiger partial charge is 0.258 e. The molecule has 0 aliphatic carbocycles. The van der Waals surface area contributed by atoms with Gasteiger partial charge in [0.1, 0.15) is 11.8 Å².